The molecule has 3 N–H and O–H groups in total. The smallest absolute Gasteiger partial charge is 0.317 e. The minimum Gasteiger partial charge on any atom is -0.374 e. The van der Waals surface area contributed by atoms with Gasteiger partial charge in [-0.2, -0.15) is 0 Å². The predicted molar refractivity (Wildman–Crippen MR) is 88.0 cm³/mol. The van der Waals surface area contributed by atoms with E-state index in [0.717, 1.165) is 32.4 Å². The third kappa shape index (κ3) is 6.19. The predicted octanol–water partition coefficient (Wildman–Crippen LogP) is 0.314. The number of hydrogen-bond acceptors (Lipinski definition) is 4. The summed E-state index contributed by atoms with van der Waals surface area (Å²) < 4.78 is 5.67. The molecule has 1 heterocycles. The Labute approximate surface area is 137 Å². The zero-order valence-electron chi connectivity index (χ0n) is 13.9. The largest absolute Gasteiger partial charge is 0.374 e. The summed E-state index contributed by atoms with van der Waals surface area (Å²) in [6, 6.07) is -0.251. The fourth-order valence-corrected chi connectivity index (χ4v) is 3.04. The Kier molecular flexibility index (Phi) is 6.85. The second-order valence-corrected chi connectivity index (χ2v) is 6.34. The van der Waals surface area contributed by atoms with Gasteiger partial charge in [0.05, 0.1) is 19.3 Å². The lowest BCUT2D eigenvalue weighted by Gasteiger charge is -2.33. The number of amides is 3. The molecule has 0 spiro atoms. The molecule has 1 aliphatic carbocycles. The number of rotatable bonds is 7. The Balaban J connectivity index is 1.80. The lowest BCUT2D eigenvalue weighted by atomic mass is 10.2. The zero-order chi connectivity index (χ0) is 16.7. The van der Waals surface area contributed by atoms with E-state index in [9.17, 15) is 9.59 Å². The fourth-order valence-electron chi connectivity index (χ4n) is 3.04. The van der Waals surface area contributed by atoms with E-state index in [0.29, 0.717) is 19.7 Å². The van der Waals surface area contributed by atoms with Crippen LogP contribution in [0.3, 0.4) is 0 Å². The summed E-state index contributed by atoms with van der Waals surface area (Å²) in [7, 11) is 2.02. The van der Waals surface area contributed by atoms with E-state index >= 15 is 0 Å². The first-order valence-electron chi connectivity index (χ1n) is 8.33. The molecule has 2 rings (SSSR count). The Hall–Kier alpha value is -1.60. The van der Waals surface area contributed by atoms with Crippen LogP contribution in [0.2, 0.25) is 0 Å². The molecule has 2 aliphatic rings. The normalized spacial score (nSPS) is 21.8. The van der Waals surface area contributed by atoms with Gasteiger partial charge in [0.2, 0.25) is 5.91 Å². The summed E-state index contributed by atoms with van der Waals surface area (Å²) in [5.41, 5.74) is 6.68. The number of nitrogens with one attached hydrogen (secondary N) is 1. The van der Waals surface area contributed by atoms with Crippen molar-refractivity contribution in [3.05, 3.63) is 11.6 Å². The van der Waals surface area contributed by atoms with Gasteiger partial charge in [0, 0.05) is 19.6 Å². The number of nitrogens with two attached hydrogens (primary N) is 1. The minimum atomic E-state index is -0.511. The first-order chi connectivity index (χ1) is 11.0. The first kappa shape index (κ1) is 17.7. The molecule has 0 radical (unpaired) electrons. The molecule has 7 heteroatoms. The number of urea groups is 1. The van der Waals surface area contributed by atoms with Gasteiger partial charge in [0.1, 0.15) is 6.54 Å². The maximum Gasteiger partial charge on any atom is 0.317 e. The third-order valence-corrected chi connectivity index (χ3v) is 4.26. The van der Waals surface area contributed by atoms with Crippen molar-refractivity contribution >= 4 is 11.9 Å². The molecule has 0 aromatic heterocycles. The van der Waals surface area contributed by atoms with Crippen LogP contribution in [0.1, 0.15) is 25.7 Å². The highest BCUT2D eigenvalue weighted by Gasteiger charge is 2.24. The summed E-state index contributed by atoms with van der Waals surface area (Å²) in [6.07, 6.45) is 6.52. The number of carbonyl (C=O) groups excluding carboxylic acids is 2. The highest BCUT2D eigenvalue weighted by atomic mass is 16.5. The maximum atomic E-state index is 12.3. The van der Waals surface area contributed by atoms with E-state index < -0.39 is 5.91 Å². The number of hydrogen-bond donors (Lipinski definition) is 2. The Bertz CT molecular complexity index is 453. The second-order valence-electron chi connectivity index (χ2n) is 6.34. The van der Waals surface area contributed by atoms with Crippen molar-refractivity contribution in [3.8, 4) is 0 Å². The second kappa shape index (κ2) is 8.88. The number of likely N-dealkylation sites (N-methyl/N-ethyl adjacent to an activating group) is 1. The molecule has 0 bridgehead atoms. The van der Waals surface area contributed by atoms with Gasteiger partial charge >= 0.3 is 6.03 Å². The van der Waals surface area contributed by atoms with Crippen LogP contribution < -0.4 is 11.1 Å². The molecular weight excluding hydrogens is 296 g/mol. The van der Waals surface area contributed by atoms with Crippen molar-refractivity contribution in [2.45, 2.75) is 31.8 Å². The van der Waals surface area contributed by atoms with E-state index in [1.165, 1.54) is 16.9 Å². The summed E-state index contributed by atoms with van der Waals surface area (Å²) in [5.74, 6) is -0.511. The summed E-state index contributed by atoms with van der Waals surface area (Å²) in [4.78, 5) is 27.2. The topological polar surface area (TPSA) is 87.9 Å². The van der Waals surface area contributed by atoms with Gasteiger partial charge in [-0.3, -0.25) is 4.79 Å². The standard InChI is InChI=1S/C16H28N4O3/c1-19-8-9-23-14(10-19)11-20(12-15(17)21)16(22)18-7-6-13-4-2-3-5-13/h4,14H,2-3,5-12H2,1H3,(H2,17,21)(H,18,22). The first-order valence-corrected chi connectivity index (χ1v) is 8.33. The minimum absolute atomic E-state index is 0.0852. The highest BCUT2D eigenvalue weighted by Crippen LogP contribution is 2.19. The van der Waals surface area contributed by atoms with Crippen LogP contribution in [0, 0.1) is 0 Å². The van der Waals surface area contributed by atoms with Crippen LogP contribution in [0.25, 0.3) is 0 Å². The van der Waals surface area contributed by atoms with Crippen molar-refractivity contribution in [1.82, 2.24) is 15.1 Å². The van der Waals surface area contributed by atoms with Crippen LogP contribution in [0.15, 0.2) is 11.6 Å². The van der Waals surface area contributed by atoms with Crippen molar-refractivity contribution in [1.29, 1.82) is 0 Å². The lowest BCUT2D eigenvalue weighted by Crippen LogP contribution is -2.52. The van der Waals surface area contributed by atoms with E-state index in [4.69, 9.17) is 10.5 Å². The molecule has 3 amide bonds. The maximum absolute atomic E-state index is 12.3. The van der Waals surface area contributed by atoms with Crippen molar-refractivity contribution in [2.75, 3.05) is 46.4 Å². The van der Waals surface area contributed by atoms with E-state index in [1.54, 1.807) is 0 Å². The summed E-state index contributed by atoms with van der Waals surface area (Å²) >= 11 is 0. The van der Waals surface area contributed by atoms with Gasteiger partial charge in [-0.05, 0) is 32.7 Å². The average molecular weight is 324 g/mol. The molecule has 130 valence electrons. The lowest BCUT2D eigenvalue weighted by molar-refractivity contribution is -0.119. The van der Waals surface area contributed by atoms with Gasteiger partial charge in [-0.15, -0.1) is 0 Å². The number of carbonyl (C=O) groups is 2. The van der Waals surface area contributed by atoms with Crippen molar-refractivity contribution < 1.29 is 14.3 Å². The van der Waals surface area contributed by atoms with Crippen LogP contribution in [0.5, 0.6) is 0 Å². The Morgan fingerprint density at radius 2 is 2.35 bits per heavy atom. The van der Waals surface area contributed by atoms with E-state index in [1.807, 2.05) is 7.05 Å². The van der Waals surface area contributed by atoms with E-state index in [2.05, 4.69) is 16.3 Å². The zero-order valence-corrected chi connectivity index (χ0v) is 13.9. The molecule has 23 heavy (non-hydrogen) atoms. The van der Waals surface area contributed by atoms with Crippen molar-refractivity contribution in [2.24, 2.45) is 5.73 Å². The fraction of sp³-hybridized carbons (Fsp3) is 0.750. The molecule has 1 aliphatic heterocycles. The monoisotopic (exact) mass is 324 g/mol. The third-order valence-electron chi connectivity index (χ3n) is 4.26. The van der Waals surface area contributed by atoms with Crippen molar-refractivity contribution in [3.63, 3.8) is 0 Å². The van der Waals surface area contributed by atoms with Gasteiger partial charge in [0.25, 0.3) is 0 Å². The van der Waals surface area contributed by atoms with Crippen LogP contribution in [-0.2, 0) is 9.53 Å². The van der Waals surface area contributed by atoms with Gasteiger partial charge in [0.15, 0.2) is 0 Å². The molecule has 0 aromatic rings. The Morgan fingerprint density at radius 1 is 1.52 bits per heavy atom. The van der Waals surface area contributed by atoms with E-state index in [-0.39, 0.29) is 18.7 Å². The molecule has 7 nitrogen and oxygen atoms in total. The molecule has 0 aromatic carbocycles. The molecular formula is C16H28N4O3. The van der Waals surface area contributed by atoms with Crippen LogP contribution in [-0.4, -0.2) is 74.2 Å². The number of nitrogens with zero attached hydrogens (tertiary/aromatic N) is 2. The quantitative estimate of drug-likeness (QED) is 0.660. The number of primary amides is 1. The van der Waals surface area contributed by atoms with Crippen LogP contribution >= 0.6 is 0 Å². The molecule has 1 fully saturated rings. The average Bonchev–Trinajstić information content (AvgIpc) is 2.99. The van der Waals surface area contributed by atoms with Crippen LogP contribution in [0.4, 0.5) is 4.79 Å². The molecule has 0 saturated carbocycles. The molecule has 1 saturated heterocycles. The highest BCUT2D eigenvalue weighted by molar-refractivity contribution is 5.82. The summed E-state index contributed by atoms with van der Waals surface area (Å²) in [6.45, 7) is 3.15. The molecule has 1 unspecified atom stereocenters. The Morgan fingerprint density at radius 3 is 3.00 bits per heavy atom. The number of allylic oxidation sites excluding steroid dienone is 1. The van der Waals surface area contributed by atoms with Gasteiger partial charge in [-0.25, -0.2) is 4.79 Å². The number of morpholine rings is 1. The van der Waals surface area contributed by atoms with Gasteiger partial charge in [-0.1, -0.05) is 11.6 Å². The SMILES string of the molecule is CN1CCOC(CN(CC(N)=O)C(=O)NCCC2=CCCC2)C1. The van der Waals surface area contributed by atoms with Gasteiger partial charge < -0.3 is 25.6 Å². The summed E-state index contributed by atoms with van der Waals surface area (Å²) in [5, 5.41) is 2.89. The molecule has 1 atom stereocenters. The number of ether oxygens (including phenoxy) is 1.